The fourth-order valence-corrected chi connectivity index (χ4v) is 1.75. The minimum absolute atomic E-state index is 0.255. The van der Waals surface area contributed by atoms with Crippen molar-refractivity contribution in [2.45, 2.75) is 12.8 Å². The van der Waals surface area contributed by atoms with Crippen LogP contribution >= 0.6 is 0 Å². The van der Waals surface area contributed by atoms with Crippen LogP contribution in [0.1, 0.15) is 12.8 Å². The molecule has 4 N–H and O–H groups in total. The zero-order chi connectivity index (χ0) is 18.5. The van der Waals surface area contributed by atoms with Crippen molar-refractivity contribution < 1.29 is 29.3 Å². The minimum Gasteiger partial charge on any atom is -0.493 e. The molecule has 0 aliphatic heterocycles. The molecule has 0 bridgehead atoms. The van der Waals surface area contributed by atoms with Crippen molar-refractivity contribution in [3.05, 3.63) is 28.6 Å². The molecule has 136 valence electrons. The first-order valence-electron chi connectivity index (χ1n) is 7.40. The van der Waals surface area contributed by atoms with Gasteiger partial charge in [0.05, 0.1) is 13.2 Å². The summed E-state index contributed by atoms with van der Waals surface area (Å²) in [7, 11) is 0. The van der Waals surface area contributed by atoms with Gasteiger partial charge in [0.15, 0.2) is 0 Å². The van der Waals surface area contributed by atoms with E-state index in [4.69, 9.17) is 25.2 Å². The molecule has 0 saturated heterocycles. The van der Waals surface area contributed by atoms with Crippen molar-refractivity contribution in [1.29, 1.82) is 0 Å². The summed E-state index contributed by atoms with van der Waals surface area (Å²) < 4.78 is 11.0. The van der Waals surface area contributed by atoms with Crippen LogP contribution in [0, 0.1) is 0 Å². The van der Waals surface area contributed by atoms with Gasteiger partial charge in [-0.25, -0.2) is 9.59 Å². The highest BCUT2D eigenvalue weighted by atomic mass is 16.5. The van der Waals surface area contributed by atoms with Gasteiger partial charge in [0.2, 0.25) is 0 Å². The van der Waals surface area contributed by atoms with Gasteiger partial charge in [-0.1, -0.05) is 5.11 Å². The molecular weight excluding hydrogens is 334 g/mol. The number of hydrogen-bond donors (Lipinski definition) is 4. The Kier molecular flexibility index (Phi) is 8.87. The second-order valence-electron chi connectivity index (χ2n) is 4.72. The molecule has 0 unspecified atom stereocenters. The molecule has 0 fully saturated rings. The third-order valence-corrected chi connectivity index (χ3v) is 2.76. The van der Waals surface area contributed by atoms with Gasteiger partial charge in [-0.05, 0) is 30.5 Å². The van der Waals surface area contributed by atoms with E-state index >= 15 is 0 Å². The number of nitrogens with one attached hydrogen (secondary N) is 2. The molecule has 0 aromatic heterocycles. The lowest BCUT2D eigenvalue weighted by molar-refractivity contribution is 0.192. The lowest BCUT2D eigenvalue weighted by Crippen LogP contribution is -2.23. The molecule has 0 spiro atoms. The summed E-state index contributed by atoms with van der Waals surface area (Å²) in [5.74, 6) is 0.831. The molecule has 0 atom stereocenters. The molecule has 2 amide bonds. The number of amides is 2. The molecule has 1 aromatic rings. The highest BCUT2D eigenvalue weighted by Gasteiger charge is 2.04. The van der Waals surface area contributed by atoms with E-state index in [1.165, 1.54) is 12.1 Å². The molecule has 25 heavy (non-hydrogen) atoms. The maximum Gasteiger partial charge on any atom is 0.404 e. The summed E-state index contributed by atoms with van der Waals surface area (Å²) in [6.07, 6.45) is -1.26. The van der Waals surface area contributed by atoms with Crippen molar-refractivity contribution in [1.82, 2.24) is 10.6 Å². The average Bonchev–Trinajstić information content (AvgIpc) is 2.54. The zero-order valence-corrected chi connectivity index (χ0v) is 13.3. The Morgan fingerprint density at radius 3 is 1.88 bits per heavy atom. The normalized spacial score (nSPS) is 9.60. The Hall–Kier alpha value is -3.33. The van der Waals surface area contributed by atoms with E-state index in [1.807, 2.05) is 0 Å². The molecule has 11 nitrogen and oxygen atoms in total. The summed E-state index contributed by atoms with van der Waals surface area (Å²) in [4.78, 5) is 23.4. The number of azide groups is 1. The van der Waals surface area contributed by atoms with Gasteiger partial charge in [0.25, 0.3) is 0 Å². The minimum atomic E-state index is -1.10. The highest BCUT2D eigenvalue weighted by Crippen LogP contribution is 2.28. The molecule has 0 aliphatic rings. The standard InChI is InChI=1S/C14H19N5O6/c15-19-18-10-7-11(24-5-1-3-16-13(20)21)9-12(8-10)25-6-2-4-17-14(22)23/h7-9,16-17H,1-6H2,(H,20,21)(H,22,23). The molecule has 0 saturated carbocycles. The Morgan fingerprint density at radius 2 is 1.48 bits per heavy atom. The largest absolute Gasteiger partial charge is 0.493 e. The van der Waals surface area contributed by atoms with Crippen molar-refractivity contribution in [3.63, 3.8) is 0 Å². The van der Waals surface area contributed by atoms with E-state index in [-0.39, 0.29) is 26.3 Å². The van der Waals surface area contributed by atoms with Crippen LogP contribution < -0.4 is 20.1 Å². The molecule has 1 rings (SSSR count). The van der Waals surface area contributed by atoms with Crippen LogP contribution in [-0.2, 0) is 0 Å². The van der Waals surface area contributed by atoms with Crippen molar-refractivity contribution in [2.24, 2.45) is 5.11 Å². The van der Waals surface area contributed by atoms with Gasteiger partial charge in [0.1, 0.15) is 11.5 Å². The van der Waals surface area contributed by atoms with E-state index in [1.54, 1.807) is 6.07 Å². The van der Waals surface area contributed by atoms with E-state index in [0.717, 1.165) is 0 Å². The average molecular weight is 353 g/mol. The Labute approximate surface area is 143 Å². The number of carboxylic acid groups (broad SMARTS) is 2. The lowest BCUT2D eigenvalue weighted by atomic mass is 10.3. The van der Waals surface area contributed by atoms with E-state index < -0.39 is 12.2 Å². The number of nitrogens with zero attached hydrogens (tertiary/aromatic N) is 3. The summed E-state index contributed by atoms with van der Waals surface area (Å²) in [6, 6.07) is 4.66. The van der Waals surface area contributed by atoms with Crippen molar-refractivity contribution in [3.8, 4) is 11.5 Å². The summed E-state index contributed by atoms with van der Waals surface area (Å²) in [5.41, 5.74) is 8.85. The third kappa shape index (κ3) is 9.41. The van der Waals surface area contributed by atoms with Gasteiger partial charge in [-0.15, -0.1) is 0 Å². The summed E-state index contributed by atoms with van der Waals surface area (Å²) in [5, 5.41) is 24.9. The zero-order valence-electron chi connectivity index (χ0n) is 13.3. The second-order valence-corrected chi connectivity index (χ2v) is 4.72. The van der Waals surface area contributed by atoms with Crippen molar-refractivity contribution >= 4 is 17.9 Å². The maximum atomic E-state index is 10.3. The first-order chi connectivity index (χ1) is 12.0. The third-order valence-electron chi connectivity index (χ3n) is 2.76. The lowest BCUT2D eigenvalue weighted by Gasteiger charge is -2.11. The van der Waals surface area contributed by atoms with Crippen LogP contribution in [0.5, 0.6) is 11.5 Å². The number of benzene rings is 1. The smallest absolute Gasteiger partial charge is 0.404 e. The fourth-order valence-electron chi connectivity index (χ4n) is 1.75. The van der Waals surface area contributed by atoms with Gasteiger partial charge in [-0.2, -0.15) is 0 Å². The first kappa shape index (κ1) is 19.7. The van der Waals surface area contributed by atoms with Gasteiger partial charge < -0.3 is 30.3 Å². The topological polar surface area (TPSA) is 166 Å². The Morgan fingerprint density at radius 1 is 1.00 bits per heavy atom. The first-order valence-corrected chi connectivity index (χ1v) is 7.40. The number of ether oxygens (including phenoxy) is 2. The number of hydrogen-bond acceptors (Lipinski definition) is 5. The van der Waals surface area contributed by atoms with E-state index in [2.05, 4.69) is 20.7 Å². The van der Waals surface area contributed by atoms with Crippen LogP contribution in [0.3, 0.4) is 0 Å². The second kappa shape index (κ2) is 11.2. The maximum absolute atomic E-state index is 10.3. The molecule has 11 heteroatoms. The van der Waals surface area contributed by atoms with Gasteiger partial charge in [0, 0.05) is 29.8 Å². The van der Waals surface area contributed by atoms with E-state index in [9.17, 15) is 9.59 Å². The molecular formula is C14H19N5O6. The Bertz CT molecular complexity index is 590. The van der Waals surface area contributed by atoms with Crippen LogP contribution in [0.25, 0.3) is 10.4 Å². The summed E-state index contributed by atoms with van der Waals surface area (Å²) >= 11 is 0. The number of rotatable bonds is 11. The SMILES string of the molecule is [N-]=[N+]=Nc1cc(OCCCNC(=O)O)cc(OCCCNC(=O)O)c1. The van der Waals surface area contributed by atoms with Crippen LogP contribution in [-0.4, -0.2) is 48.7 Å². The summed E-state index contributed by atoms with van der Waals surface area (Å²) in [6.45, 7) is 1.04. The monoisotopic (exact) mass is 353 g/mol. The van der Waals surface area contributed by atoms with E-state index in [0.29, 0.717) is 30.0 Å². The Balaban J connectivity index is 2.53. The van der Waals surface area contributed by atoms with Crippen LogP contribution in [0.15, 0.2) is 23.3 Å². The molecule has 1 aromatic carbocycles. The molecule has 0 aliphatic carbocycles. The molecule has 0 radical (unpaired) electrons. The van der Waals surface area contributed by atoms with Crippen molar-refractivity contribution in [2.75, 3.05) is 26.3 Å². The quantitative estimate of drug-likeness (QED) is 0.206. The van der Waals surface area contributed by atoms with Crippen LogP contribution in [0.4, 0.5) is 15.3 Å². The fraction of sp³-hybridized carbons (Fsp3) is 0.429. The predicted octanol–water partition coefficient (Wildman–Crippen LogP) is 2.70. The number of carbonyl (C=O) groups is 2. The molecule has 0 heterocycles. The predicted molar refractivity (Wildman–Crippen MR) is 87.5 cm³/mol. The van der Waals surface area contributed by atoms with Gasteiger partial charge in [-0.3, -0.25) is 0 Å². The van der Waals surface area contributed by atoms with Crippen LogP contribution in [0.2, 0.25) is 0 Å². The van der Waals surface area contributed by atoms with Gasteiger partial charge >= 0.3 is 12.2 Å². The highest BCUT2D eigenvalue weighted by molar-refractivity contribution is 5.64.